The number of carboxylic acids is 1. The van der Waals surface area contributed by atoms with Crippen LogP contribution in [0.3, 0.4) is 0 Å². The minimum absolute atomic E-state index is 0.0796. The van der Waals surface area contributed by atoms with Crippen molar-refractivity contribution in [2.24, 2.45) is 52.3 Å². The topological polar surface area (TPSA) is 83.8 Å². The maximum Gasteiger partial charge on any atom is 0.303 e. The lowest BCUT2D eigenvalue weighted by atomic mass is 9.41. The normalized spacial score (nSPS) is 48.8. The van der Waals surface area contributed by atoms with Crippen LogP contribution in [0.15, 0.2) is 0 Å². The quantitative estimate of drug-likeness (QED) is 0.558. The van der Waals surface area contributed by atoms with Gasteiger partial charge in [0.2, 0.25) is 0 Å². The number of carbonyl (C=O) groups excluding carboxylic acids is 1. The summed E-state index contributed by atoms with van der Waals surface area (Å²) in [7, 11) is 0. The number of hydrogen-bond acceptors (Lipinski definition) is 4. The van der Waals surface area contributed by atoms with Crippen LogP contribution in [-0.4, -0.2) is 34.4 Å². The van der Waals surface area contributed by atoms with Crippen LogP contribution in [-0.2, 0) is 14.3 Å². The molecule has 0 aliphatic heterocycles. The molecule has 0 aromatic heterocycles. The molecule has 11 atom stereocenters. The Hall–Kier alpha value is -1.10. The average Bonchev–Trinajstić information content (AvgIpc) is 3.05. The van der Waals surface area contributed by atoms with Crippen LogP contribution in [0, 0.1) is 52.3 Å². The average molecular weight is 449 g/mol. The van der Waals surface area contributed by atoms with Crippen LogP contribution in [0.25, 0.3) is 0 Å². The number of aliphatic hydroxyl groups excluding tert-OH is 1. The van der Waals surface area contributed by atoms with E-state index < -0.39 is 5.97 Å². The van der Waals surface area contributed by atoms with E-state index in [0.717, 1.165) is 51.4 Å². The first-order valence-corrected chi connectivity index (χ1v) is 13.1. The number of carboxylic acid groups (broad SMARTS) is 1. The van der Waals surface area contributed by atoms with E-state index in [1.54, 1.807) is 6.92 Å². The fourth-order valence-electron chi connectivity index (χ4n) is 9.67. The van der Waals surface area contributed by atoms with Gasteiger partial charge in [0.1, 0.15) is 6.10 Å². The predicted molar refractivity (Wildman–Crippen MR) is 123 cm³/mol. The van der Waals surface area contributed by atoms with Crippen LogP contribution in [0.1, 0.15) is 92.4 Å². The Bertz CT molecular complexity index is 736. The van der Waals surface area contributed by atoms with Crippen molar-refractivity contribution in [2.75, 3.05) is 0 Å². The summed E-state index contributed by atoms with van der Waals surface area (Å²) < 4.78 is 6.19. The number of aliphatic carboxylic acids is 1. The van der Waals surface area contributed by atoms with Gasteiger partial charge in [-0.15, -0.1) is 0 Å². The third-order valence-corrected chi connectivity index (χ3v) is 10.9. The minimum Gasteiger partial charge on any atom is -0.481 e. The zero-order valence-electron chi connectivity index (χ0n) is 20.7. The van der Waals surface area contributed by atoms with Crippen molar-refractivity contribution in [1.29, 1.82) is 0 Å². The van der Waals surface area contributed by atoms with E-state index in [0.29, 0.717) is 29.6 Å². The Morgan fingerprint density at radius 2 is 1.69 bits per heavy atom. The summed E-state index contributed by atoms with van der Waals surface area (Å²) in [5.41, 5.74) is 0.303. The number of aliphatic hydroxyl groups is 1. The van der Waals surface area contributed by atoms with E-state index in [1.165, 1.54) is 0 Å². The minimum atomic E-state index is -0.698. The summed E-state index contributed by atoms with van der Waals surface area (Å²) in [5, 5.41) is 20.0. The molecule has 3 unspecified atom stereocenters. The lowest BCUT2D eigenvalue weighted by Crippen LogP contribution is -2.63. The third-order valence-electron chi connectivity index (χ3n) is 10.9. The van der Waals surface area contributed by atoms with Crippen LogP contribution < -0.4 is 0 Å². The smallest absolute Gasteiger partial charge is 0.303 e. The second kappa shape index (κ2) is 8.60. The maximum absolute atomic E-state index is 12.3. The molecule has 0 bridgehead atoms. The molecule has 0 radical (unpaired) electrons. The zero-order chi connectivity index (χ0) is 23.4. The Labute approximate surface area is 193 Å². The lowest BCUT2D eigenvalue weighted by molar-refractivity contribution is -0.217. The van der Waals surface area contributed by atoms with Crippen molar-refractivity contribution in [3.63, 3.8) is 0 Å². The van der Waals surface area contributed by atoms with E-state index in [9.17, 15) is 19.8 Å². The van der Waals surface area contributed by atoms with Crippen molar-refractivity contribution in [3.05, 3.63) is 0 Å². The monoisotopic (exact) mass is 448 g/mol. The summed E-state index contributed by atoms with van der Waals surface area (Å²) in [5.74, 6) is 1.73. The molecule has 4 aliphatic rings. The van der Waals surface area contributed by atoms with Gasteiger partial charge in [0.25, 0.3) is 0 Å². The van der Waals surface area contributed by atoms with Gasteiger partial charge in [-0.1, -0.05) is 27.7 Å². The second-order valence-corrected chi connectivity index (χ2v) is 12.3. The highest BCUT2D eigenvalue weighted by Gasteiger charge is 2.65. The molecule has 2 N–H and O–H groups in total. The fraction of sp³-hybridized carbons (Fsp3) is 0.926. The molecule has 0 heterocycles. The van der Waals surface area contributed by atoms with Gasteiger partial charge in [0.05, 0.1) is 6.10 Å². The van der Waals surface area contributed by atoms with E-state index in [2.05, 4.69) is 27.7 Å². The Morgan fingerprint density at radius 3 is 2.31 bits per heavy atom. The highest BCUT2D eigenvalue weighted by Crippen LogP contribution is 2.70. The van der Waals surface area contributed by atoms with Gasteiger partial charge in [0, 0.05) is 19.3 Å². The molecule has 4 aliphatic carbocycles. The van der Waals surface area contributed by atoms with Crippen molar-refractivity contribution < 1.29 is 24.5 Å². The first kappa shape index (κ1) is 24.0. The largest absolute Gasteiger partial charge is 0.481 e. The standard InChI is InChI=1S/C27H44O5/c1-6-18-22-14-17(29)9-11-27(22,5)21-10-12-26(4)19(15(2)13-23(30)31)7-8-20(26)24(21)25(18)32-16(3)28/h15,17-22,24-25,29H,6-14H2,1-5H3,(H,30,31)/t15-,17-,18-,19-,20?,21?,22+,24?,25-,26-,27-/m1/s1. The maximum atomic E-state index is 12.3. The molecule has 182 valence electrons. The van der Waals surface area contributed by atoms with Crippen molar-refractivity contribution in [2.45, 2.75) is 105 Å². The Kier molecular flexibility index (Phi) is 6.46. The molecule has 0 amide bonds. The molecular formula is C27H44O5. The van der Waals surface area contributed by atoms with Crippen LogP contribution >= 0.6 is 0 Å². The van der Waals surface area contributed by atoms with Crippen LogP contribution in [0.5, 0.6) is 0 Å². The second-order valence-electron chi connectivity index (χ2n) is 12.3. The molecule has 0 aromatic rings. The van der Waals surface area contributed by atoms with Gasteiger partial charge in [-0.05, 0) is 97.7 Å². The molecule has 4 saturated carbocycles. The first-order chi connectivity index (χ1) is 15.0. The van der Waals surface area contributed by atoms with Crippen molar-refractivity contribution in [3.8, 4) is 0 Å². The molecule has 5 nitrogen and oxygen atoms in total. The van der Waals surface area contributed by atoms with Crippen LogP contribution in [0.4, 0.5) is 0 Å². The number of fused-ring (bicyclic) bond motifs is 5. The van der Waals surface area contributed by atoms with Crippen molar-refractivity contribution >= 4 is 11.9 Å². The molecule has 4 fully saturated rings. The highest BCUT2D eigenvalue weighted by atomic mass is 16.5. The summed E-state index contributed by atoms with van der Waals surface area (Å²) in [6, 6.07) is 0. The summed E-state index contributed by atoms with van der Waals surface area (Å²) in [6.45, 7) is 10.8. The van der Waals surface area contributed by atoms with Crippen molar-refractivity contribution in [1.82, 2.24) is 0 Å². The molecular weight excluding hydrogens is 404 g/mol. The molecule has 5 heteroatoms. The number of hydrogen-bond donors (Lipinski definition) is 2. The molecule has 0 aromatic carbocycles. The van der Waals surface area contributed by atoms with Gasteiger partial charge < -0.3 is 14.9 Å². The lowest BCUT2D eigenvalue weighted by Gasteiger charge is -2.65. The number of rotatable bonds is 5. The SMILES string of the molecule is CC[C@H]1[C@@H](OC(C)=O)C2C3CC[C@H]([C@H](C)CC(=O)O)[C@@]3(C)CCC2[C@@]2(C)CC[C@@H](O)C[C@@H]12. The predicted octanol–water partition coefficient (Wildman–Crippen LogP) is 5.29. The molecule has 0 saturated heterocycles. The van der Waals surface area contributed by atoms with Gasteiger partial charge >= 0.3 is 11.9 Å². The molecule has 0 spiro atoms. The van der Waals surface area contributed by atoms with E-state index in [1.807, 2.05) is 0 Å². The molecule has 32 heavy (non-hydrogen) atoms. The number of ether oxygens (including phenoxy) is 1. The van der Waals surface area contributed by atoms with Gasteiger partial charge in [-0.3, -0.25) is 9.59 Å². The Balaban J connectivity index is 1.72. The van der Waals surface area contributed by atoms with Gasteiger partial charge in [-0.25, -0.2) is 0 Å². The summed E-state index contributed by atoms with van der Waals surface area (Å²) in [6.07, 6.45) is 8.13. The van der Waals surface area contributed by atoms with Gasteiger partial charge in [-0.2, -0.15) is 0 Å². The highest BCUT2D eigenvalue weighted by molar-refractivity contribution is 5.67. The zero-order valence-corrected chi connectivity index (χ0v) is 20.7. The number of carbonyl (C=O) groups is 2. The number of esters is 1. The van der Waals surface area contributed by atoms with Crippen LogP contribution in [0.2, 0.25) is 0 Å². The van der Waals surface area contributed by atoms with E-state index in [-0.39, 0.29) is 47.3 Å². The third kappa shape index (κ3) is 3.71. The fourth-order valence-corrected chi connectivity index (χ4v) is 9.67. The van der Waals surface area contributed by atoms with Gasteiger partial charge in [0.15, 0.2) is 0 Å². The molecule has 4 rings (SSSR count). The summed E-state index contributed by atoms with van der Waals surface area (Å²) in [4.78, 5) is 23.7. The first-order valence-electron chi connectivity index (χ1n) is 13.1. The summed E-state index contributed by atoms with van der Waals surface area (Å²) >= 11 is 0. The van der Waals surface area contributed by atoms with E-state index >= 15 is 0 Å². The van der Waals surface area contributed by atoms with E-state index in [4.69, 9.17) is 4.74 Å². The Morgan fingerprint density at radius 1 is 1.03 bits per heavy atom.